The molecule has 3 amide bonds. The van der Waals surface area contributed by atoms with Crippen molar-refractivity contribution in [2.24, 2.45) is 0 Å². The van der Waals surface area contributed by atoms with E-state index in [0.717, 1.165) is 24.8 Å². The Morgan fingerprint density at radius 1 is 1.28 bits per heavy atom. The first-order valence-corrected chi connectivity index (χ1v) is 9.38. The molecule has 0 radical (unpaired) electrons. The van der Waals surface area contributed by atoms with Gasteiger partial charge in [-0.05, 0) is 50.2 Å². The second-order valence-corrected chi connectivity index (χ2v) is 8.27. The average molecular weight is 341 g/mol. The van der Waals surface area contributed by atoms with Crippen molar-refractivity contribution in [1.29, 1.82) is 0 Å². The van der Waals surface area contributed by atoms with E-state index in [2.05, 4.69) is 18.3 Å². The molecule has 2 heterocycles. The summed E-state index contributed by atoms with van der Waals surface area (Å²) in [6, 6.07) is 8.47. The summed E-state index contributed by atoms with van der Waals surface area (Å²) in [7, 11) is 0. The zero-order valence-electron chi connectivity index (χ0n) is 15.3. The molecule has 0 unspecified atom stereocenters. The maximum atomic E-state index is 13.2. The molecular formula is C20H27N3O2. The Morgan fingerprint density at radius 3 is 2.68 bits per heavy atom. The van der Waals surface area contributed by atoms with Crippen LogP contribution in [0, 0.1) is 0 Å². The van der Waals surface area contributed by atoms with Crippen LogP contribution in [-0.2, 0) is 5.41 Å². The predicted octanol–water partition coefficient (Wildman–Crippen LogP) is 2.75. The molecule has 1 aliphatic carbocycles. The molecular weight excluding hydrogens is 314 g/mol. The molecule has 1 saturated carbocycles. The normalized spacial score (nSPS) is 27.3. The molecule has 3 aliphatic rings. The van der Waals surface area contributed by atoms with Crippen LogP contribution in [0.4, 0.5) is 4.79 Å². The first-order valence-electron chi connectivity index (χ1n) is 9.38. The molecule has 2 saturated heterocycles. The minimum Gasteiger partial charge on any atom is -0.336 e. The molecule has 4 rings (SSSR count). The number of nitrogens with one attached hydrogen (secondary N) is 1. The Balaban J connectivity index is 1.54. The van der Waals surface area contributed by atoms with Crippen molar-refractivity contribution in [2.75, 3.05) is 13.1 Å². The lowest BCUT2D eigenvalue weighted by atomic mass is 9.91. The van der Waals surface area contributed by atoms with Gasteiger partial charge < -0.3 is 15.1 Å². The topological polar surface area (TPSA) is 52.7 Å². The molecule has 1 N–H and O–H groups in total. The Hall–Kier alpha value is -2.04. The highest BCUT2D eigenvalue weighted by atomic mass is 16.2. The van der Waals surface area contributed by atoms with E-state index in [1.807, 2.05) is 41.8 Å². The predicted molar refractivity (Wildman–Crippen MR) is 96.6 cm³/mol. The Morgan fingerprint density at radius 2 is 2.00 bits per heavy atom. The van der Waals surface area contributed by atoms with Crippen LogP contribution in [0.1, 0.15) is 56.0 Å². The second-order valence-electron chi connectivity index (χ2n) is 8.27. The summed E-state index contributed by atoms with van der Waals surface area (Å²) in [6.07, 6.45) is 3.15. The van der Waals surface area contributed by atoms with Crippen molar-refractivity contribution < 1.29 is 9.59 Å². The van der Waals surface area contributed by atoms with Crippen LogP contribution < -0.4 is 5.32 Å². The van der Waals surface area contributed by atoms with Crippen molar-refractivity contribution in [3.05, 3.63) is 35.4 Å². The zero-order chi connectivity index (χ0) is 17.8. The number of carbonyl (C=O) groups excluding carboxylic acids is 2. The van der Waals surface area contributed by atoms with E-state index >= 15 is 0 Å². The third-order valence-corrected chi connectivity index (χ3v) is 6.13. The van der Waals surface area contributed by atoms with Gasteiger partial charge in [-0.1, -0.05) is 25.1 Å². The first kappa shape index (κ1) is 16.4. The first-order chi connectivity index (χ1) is 11.9. The van der Waals surface area contributed by atoms with Gasteiger partial charge in [0.1, 0.15) is 0 Å². The number of carbonyl (C=O) groups is 2. The Bertz CT molecular complexity index is 711. The van der Waals surface area contributed by atoms with Crippen LogP contribution in [0.15, 0.2) is 24.3 Å². The second kappa shape index (κ2) is 5.75. The molecule has 1 aromatic rings. The fourth-order valence-electron chi connectivity index (χ4n) is 4.42. The fourth-order valence-corrected chi connectivity index (χ4v) is 4.42. The number of hydrogen-bond donors (Lipinski definition) is 1. The van der Waals surface area contributed by atoms with Gasteiger partial charge in [0.05, 0.1) is 12.1 Å². The van der Waals surface area contributed by atoms with Gasteiger partial charge in [0.2, 0.25) is 0 Å². The number of piperidine rings is 1. The van der Waals surface area contributed by atoms with Gasteiger partial charge in [0.25, 0.3) is 5.91 Å². The molecule has 2 aliphatic heterocycles. The molecule has 0 aromatic heterocycles. The monoisotopic (exact) mass is 341 g/mol. The number of fused-ring (bicyclic) bond motifs is 1. The largest absolute Gasteiger partial charge is 0.336 e. The van der Waals surface area contributed by atoms with Crippen molar-refractivity contribution in [3.8, 4) is 0 Å². The molecule has 0 bridgehead atoms. The van der Waals surface area contributed by atoms with E-state index in [9.17, 15) is 9.59 Å². The van der Waals surface area contributed by atoms with E-state index in [1.54, 1.807) is 0 Å². The number of hydrogen-bond acceptors (Lipinski definition) is 2. The highest BCUT2D eigenvalue weighted by Gasteiger charge is 2.46. The molecule has 5 heteroatoms. The van der Waals surface area contributed by atoms with E-state index in [1.165, 1.54) is 5.56 Å². The molecule has 2 atom stereocenters. The van der Waals surface area contributed by atoms with Gasteiger partial charge >= 0.3 is 6.03 Å². The highest BCUT2D eigenvalue weighted by Crippen LogP contribution is 2.48. The molecule has 1 aromatic carbocycles. The van der Waals surface area contributed by atoms with Gasteiger partial charge in [-0.3, -0.25) is 4.79 Å². The summed E-state index contributed by atoms with van der Waals surface area (Å²) in [4.78, 5) is 29.3. The zero-order valence-corrected chi connectivity index (χ0v) is 15.3. The molecule has 25 heavy (non-hydrogen) atoms. The van der Waals surface area contributed by atoms with Crippen molar-refractivity contribution in [2.45, 2.75) is 63.6 Å². The third kappa shape index (κ3) is 2.70. The van der Waals surface area contributed by atoms with E-state index in [0.29, 0.717) is 13.1 Å². The summed E-state index contributed by atoms with van der Waals surface area (Å²) in [5, 5.41) is 3.07. The molecule has 0 spiro atoms. The minimum absolute atomic E-state index is 0.00481. The van der Waals surface area contributed by atoms with Crippen LogP contribution >= 0.6 is 0 Å². The van der Waals surface area contributed by atoms with E-state index < -0.39 is 0 Å². The van der Waals surface area contributed by atoms with Crippen LogP contribution in [0.3, 0.4) is 0 Å². The van der Waals surface area contributed by atoms with Crippen LogP contribution in [0.25, 0.3) is 0 Å². The van der Waals surface area contributed by atoms with Crippen LogP contribution in [-0.4, -0.2) is 53.0 Å². The molecule has 3 fully saturated rings. The average Bonchev–Trinajstić information content (AvgIpc) is 3.24. The molecule has 5 nitrogen and oxygen atoms in total. The van der Waals surface area contributed by atoms with E-state index in [-0.39, 0.29) is 35.5 Å². The van der Waals surface area contributed by atoms with Crippen LogP contribution in [0.5, 0.6) is 0 Å². The Labute approximate surface area is 149 Å². The lowest BCUT2D eigenvalue weighted by Crippen LogP contribution is -2.53. The fraction of sp³-hybridized carbons (Fsp3) is 0.600. The summed E-state index contributed by atoms with van der Waals surface area (Å²) in [5.74, 6) is 0.111. The van der Waals surface area contributed by atoms with Gasteiger partial charge in [-0.15, -0.1) is 0 Å². The number of likely N-dealkylation sites (tertiary alicyclic amines) is 1. The van der Waals surface area contributed by atoms with Gasteiger partial charge in [0, 0.05) is 24.7 Å². The number of benzene rings is 1. The number of amides is 3. The minimum atomic E-state index is 0.00481. The number of rotatable bonds is 3. The number of nitrogens with zero attached hydrogens (tertiary/aromatic N) is 2. The lowest BCUT2D eigenvalue weighted by Gasteiger charge is -2.38. The Kier molecular flexibility index (Phi) is 3.78. The molecule has 134 valence electrons. The SMILES string of the molecule is CC(C)N1C(=O)N[C@@H]2CN(C(=O)c3ccccc3C3(C)CC3)CC[C@@H]21. The summed E-state index contributed by atoms with van der Waals surface area (Å²) < 4.78 is 0. The van der Waals surface area contributed by atoms with E-state index in [4.69, 9.17) is 0 Å². The maximum Gasteiger partial charge on any atom is 0.318 e. The van der Waals surface area contributed by atoms with Crippen molar-refractivity contribution >= 4 is 11.9 Å². The maximum absolute atomic E-state index is 13.2. The van der Waals surface area contributed by atoms with Gasteiger partial charge in [-0.2, -0.15) is 0 Å². The third-order valence-electron chi connectivity index (χ3n) is 6.13. The number of urea groups is 1. The standard InChI is InChI=1S/C20H27N3O2/c1-13(2)23-17-8-11-22(12-16(17)21-19(23)25)18(24)14-6-4-5-7-15(14)20(3)9-10-20/h4-7,13,16-17H,8-12H2,1-3H3,(H,21,25)/t16-,17+/m1/s1. The lowest BCUT2D eigenvalue weighted by molar-refractivity contribution is 0.0643. The van der Waals surface area contributed by atoms with Crippen LogP contribution in [0.2, 0.25) is 0 Å². The summed E-state index contributed by atoms with van der Waals surface area (Å²) in [6.45, 7) is 7.65. The van der Waals surface area contributed by atoms with Crippen molar-refractivity contribution in [1.82, 2.24) is 15.1 Å². The smallest absolute Gasteiger partial charge is 0.318 e. The summed E-state index contributed by atoms with van der Waals surface area (Å²) >= 11 is 0. The quantitative estimate of drug-likeness (QED) is 0.919. The summed E-state index contributed by atoms with van der Waals surface area (Å²) in [5.41, 5.74) is 2.19. The van der Waals surface area contributed by atoms with Gasteiger partial charge in [0.15, 0.2) is 0 Å². The van der Waals surface area contributed by atoms with Crippen molar-refractivity contribution in [3.63, 3.8) is 0 Å². The highest BCUT2D eigenvalue weighted by molar-refractivity contribution is 5.96. The van der Waals surface area contributed by atoms with Gasteiger partial charge in [-0.25, -0.2) is 4.79 Å².